The SMILES string of the molecule is CC1(c2nc3cc4c(cc3o2)CCCC4)C[C@@]2(C)C[C@@](C)(C1)C(=O)NC2=O. The molecule has 1 saturated carbocycles. The molecular weight excluding hydrogens is 340 g/mol. The molecule has 2 bridgehead atoms. The van der Waals surface area contributed by atoms with E-state index < -0.39 is 16.2 Å². The van der Waals surface area contributed by atoms with E-state index in [2.05, 4.69) is 24.4 Å². The summed E-state index contributed by atoms with van der Waals surface area (Å²) in [6.07, 6.45) is 6.54. The van der Waals surface area contributed by atoms with E-state index in [0.717, 1.165) is 23.9 Å². The number of rotatable bonds is 1. The smallest absolute Gasteiger partial charge is 0.232 e. The Bertz CT molecular complexity index is 920. The van der Waals surface area contributed by atoms with E-state index in [1.54, 1.807) is 0 Å². The van der Waals surface area contributed by atoms with Crippen LogP contribution in [0.4, 0.5) is 0 Å². The number of hydrogen-bond donors (Lipinski definition) is 1. The number of carbonyl (C=O) groups excluding carboxylic acids is 2. The second-order valence-electron chi connectivity index (χ2n) is 9.81. The van der Waals surface area contributed by atoms with Crippen LogP contribution < -0.4 is 5.32 Å². The first-order valence-corrected chi connectivity index (χ1v) is 10.00. The Morgan fingerprint density at radius 3 is 2.07 bits per heavy atom. The van der Waals surface area contributed by atoms with Crippen LogP contribution in [0.1, 0.15) is 69.9 Å². The number of nitrogens with zero attached hydrogens (tertiary/aromatic N) is 1. The van der Waals surface area contributed by atoms with Gasteiger partial charge in [0.2, 0.25) is 17.7 Å². The van der Waals surface area contributed by atoms with E-state index in [0.29, 0.717) is 25.2 Å². The molecule has 142 valence electrons. The number of fused-ring (bicyclic) bond motifs is 4. The maximum atomic E-state index is 12.6. The standard InChI is InChI=1S/C22H26N2O3/c1-20-10-21(2,18(26)24-17(20)25)12-22(3,11-20)19-23-15-8-13-6-4-5-7-14(13)9-16(15)27-19/h8-9H,4-7,10-12H2,1-3H3,(H,24,25,26)/t20-,21+,22?. The van der Waals surface area contributed by atoms with Crippen molar-refractivity contribution in [1.82, 2.24) is 10.3 Å². The molecule has 1 unspecified atom stereocenters. The van der Waals surface area contributed by atoms with Crippen LogP contribution in [0.5, 0.6) is 0 Å². The van der Waals surface area contributed by atoms with E-state index in [-0.39, 0.29) is 11.8 Å². The van der Waals surface area contributed by atoms with Crippen molar-refractivity contribution >= 4 is 22.9 Å². The van der Waals surface area contributed by atoms with E-state index in [1.165, 1.54) is 24.0 Å². The molecule has 1 N–H and O–H groups in total. The molecule has 5 heteroatoms. The molecule has 2 aliphatic carbocycles. The van der Waals surface area contributed by atoms with E-state index >= 15 is 0 Å². The van der Waals surface area contributed by atoms with Gasteiger partial charge in [-0.05, 0) is 68.2 Å². The van der Waals surface area contributed by atoms with Crippen molar-refractivity contribution in [2.75, 3.05) is 0 Å². The lowest BCUT2D eigenvalue weighted by Crippen LogP contribution is -2.62. The predicted octanol–water partition coefficient (Wildman–Crippen LogP) is 3.82. The highest BCUT2D eigenvalue weighted by Gasteiger charge is 2.60. The van der Waals surface area contributed by atoms with Gasteiger partial charge in [0.25, 0.3) is 0 Å². The predicted molar refractivity (Wildman–Crippen MR) is 101 cm³/mol. The second kappa shape index (κ2) is 5.21. The Balaban J connectivity index is 1.60. The lowest BCUT2D eigenvalue weighted by atomic mass is 9.52. The normalized spacial score (nSPS) is 35.8. The van der Waals surface area contributed by atoms with Crippen molar-refractivity contribution in [3.8, 4) is 0 Å². The molecule has 2 fully saturated rings. The number of carbonyl (C=O) groups is 2. The minimum atomic E-state index is -0.574. The van der Waals surface area contributed by atoms with Gasteiger partial charge in [0.15, 0.2) is 5.58 Å². The van der Waals surface area contributed by atoms with Gasteiger partial charge in [0.1, 0.15) is 5.52 Å². The van der Waals surface area contributed by atoms with E-state index in [1.807, 2.05) is 13.8 Å². The fraction of sp³-hybridized carbons (Fsp3) is 0.591. The summed E-state index contributed by atoms with van der Waals surface area (Å²) in [6.45, 7) is 6.02. The molecule has 0 radical (unpaired) electrons. The summed E-state index contributed by atoms with van der Waals surface area (Å²) in [5.41, 5.74) is 2.89. The van der Waals surface area contributed by atoms with Crippen LogP contribution in [0.2, 0.25) is 0 Å². The number of oxazole rings is 1. The molecule has 3 atom stereocenters. The third kappa shape index (κ3) is 2.40. The first kappa shape index (κ1) is 17.0. The Labute approximate surface area is 158 Å². The summed E-state index contributed by atoms with van der Waals surface area (Å²) >= 11 is 0. The largest absolute Gasteiger partial charge is 0.440 e. The van der Waals surface area contributed by atoms with Crippen molar-refractivity contribution in [2.24, 2.45) is 10.8 Å². The van der Waals surface area contributed by atoms with Gasteiger partial charge in [-0.3, -0.25) is 14.9 Å². The maximum absolute atomic E-state index is 12.6. The molecule has 1 aromatic carbocycles. The number of nitrogens with one attached hydrogen (secondary N) is 1. The zero-order chi connectivity index (χ0) is 19.0. The topological polar surface area (TPSA) is 72.2 Å². The van der Waals surface area contributed by atoms with Crippen LogP contribution in [-0.2, 0) is 27.8 Å². The van der Waals surface area contributed by atoms with Crippen molar-refractivity contribution in [3.05, 3.63) is 29.2 Å². The van der Waals surface area contributed by atoms with Crippen molar-refractivity contribution in [3.63, 3.8) is 0 Å². The van der Waals surface area contributed by atoms with E-state index in [4.69, 9.17) is 9.40 Å². The minimum absolute atomic E-state index is 0.164. The monoisotopic (exact) mass is 366 g/mol. The number of amides is 2. The Morgan fingerprint density at radius 2 is 1.44 bits per heavy atom. The highest BCUT2D eigenvalue weighted by molar-refractivity contribution is 6.03. The fourth-order valence-electron chi connectivity index (χ4n) is 6.06. The summed E-state index contributed by atoms with van der Waals surface area (Å²) < 4.78 is 6.25. The number of aromatic nitrogens is 1. The third-order valence-electron chi connectivity index (χ3n) is 7.03. The zero-order valence-corrected chi connectivity index (χ0v) is 16.3. The maximum Gasteiger partial charge on any atom is 0.232 e. The Kier molecular flexibility index (Phi) is 3.27. The average Bonchev–Trinajstić information content (AvgIpc) is 3.01. The molecule has 3 aliphatic rings. The zero-order valence-electron chi connectivity index (χ0n) is 16.3. The fourth-order valence-corrected chi connectivity index (χ4v) is 6.06. The molecule has 1 saturated heterocycles. The van der Waals surface area contributed by atoms with Gasteiger partial charge in [0, 0.05) is 16.2 Å². The average molecular weight is 366 g/mol. The van der Waals surface area contributed by atoms with Gasteiger partial charge in [-0.1, -0.05) is 20.8 Å². The molecule has 1 aromatic heterocycles. The minimum Gasteiger partial charge on any atom is -0.440 e. The van der Waals surface area contributed by atoms with Crippen LogP contribution in [0.3, 0.4) is 0 Å². The number of piperidine rings is 1. The van der Waals surface area contributed by atoms with Gasteiger partial charge in [-0.25, -0.2) is 4.98 Å². The summed E-state index contributed by atoms with van der Waals surface area (Å²) in [5.74, 6) is 0.337. The van der Waals surface area contributed by atoms with Crippen LogP contribution in [0, 0.1) is 10.8 Å². The molecule has 2 aromatic rings. The molecule has 27 heavy (non-hydrogen) atoms. The van der Waals surface area contributed by atoms with Gasteiger partial charge >= 0.3 is 0 Å². The van der Waals surface area contributed by atoms with Crippen LogP contribution >= 0.6 is 0 Å². The molecule has 5 rings (SSSR count). The number of hydrogen-bond acceptors (Lipinski definition) is 4. The highest BCUT2D eigenvalue weighted by atomic mass is 16.3. The molecule has 0 spiro atoms. The second-order valence-corrected chi connectivity index (χ2v) is 9.81. The number of benzene rings is 1. The molecule has 2 amide bonds. The summed E-state index contributed by atoms with van der Waals surface area (Å²) in [6, 6.07) is 4.32. The van der Waals surface area contributed by atoms with Gasteiger partial charge < -0.3 is 4.42 Å². The van der Waals surface area contributed by atoms with E-state index in [9.17, 15) is 9.59 Å². The molecule has 5 nitrogen and oxygen atoms in total. The summed E-state index contributed by atoms with van der Waals surface area (Å²) in [4.78, 5) is 30.0. The lowest BCUT2D eigenvalue weighted by Gasteiger charge is -2.52. The van der Waals surface area contributed by atoms with Crippen LogP contribution in [-0.4, -0.2) is 16.8 Å². The highest BCUT2D eigenvalue weighted by Crippen LogP contribution is 2.57. The Hall–Kier alpha value is -2.17. The van der Waals surface area contributed by atoms with Gasteiger partial charge in [-0.15, -0.1) is 0 Å². The van der Waals surface area contributed by atoms with Crippen molar-refractivity contribution in [2.45, 2.75) is 71.1 Å². The summed E-state index contributed by atoms with van der Waals surface area (Å²) in [7, 11) is 0. The first-order valence-electron chi connectivity index (χ1n) is 10.00. The number of imide groups is 1. The van der Waals surface area contributed by atoms with Crippen molar-refractivity contribution < 1.29 is 14.0 Å². The van der Waals surface area contributed by atoms with Gasteiger partial charge in [-0.2, -0.15) is 0 Å². The number of aryl methyl sites for hydroxylation is 2. The molecule has 1 aliphatic heterocycles. The Morgan fingerprint density at radius 1 is 0.889 bits per heavy atom. The molecule has 2 heterocycles. The lowest BCUT2D eigenvalue weighted by molar-refractivity contribution is -0.158. The van der Waals surface area contributed by atoms with Crippen molar-refractivity contribution in [1.29, 1.82) is 0 Å². The first-order chi connectivity index (χ1) is 12.7. The van der Waals surface area contributed by atoms with Crippen LogP contribution in [0.25, 0.3) is 11.1 Å². The van der Waals surface area contributed by atoms with Gasteiger partial charge in [0.05, 0.1) is 0 Å². The third-order valence-corrected chi connectivity index (χ3v) is 7.03. The summed E-state index contributed by atoms with van der Waals surface area (Å²) in [5, 5.41) is 2.59. The molecular formula is C22H26N2O3. The van der Waals surface area contributed by atoms with Crippen LogP contribution in [0.15, 0.2) is 16.5 Å². The quantitative estimate of drug-likeness (QED) is 0.779.